The number of nitrogens with zero attached hydrogens (tertiary/aromatic N) is 2. The molecule has 1 atom stereocenters. The topological polar surface area (TPSA) is 73.1 Å². The molecule has 1 heterocycles. The molecular formula is C14H21N3O3. The molecule has 110 valence electrons. The van der Waals surface area contributed by atoms with Gasteiger partial charge in [0.05, 0.1) is 6.04 Å². The number of hydrogen-bond acceptors (Lipinski definition) is 3. The van der Waals surface area contributed by atoms with Crippen molar-refractivity contribution in [2.24, 2.45) is 5.92 Å². The van der Waals surface area contributed by atoms with Gasteiger partial charge >= 0.3 is 5.69 Å². The number of rotatable bonds is 6. The Hall–Kier alpha value is -1.85. The summed E-state index contributed by atoms with van der Waals surface area (Å²) in [4.78, 5) is 35.4. The lowest BCUT2D eigenvalue weighted by atomic mass is 10.0. The van der Waals surface area contributed by atoms with Crippen LogP contribution < -0.4 is 11.0 Å². The number of nitrogens with one attached hydrogen (secondary N) is 1. The van der Waals surface area contributed by atoms with E-state index in [1.807, 2.05) is 13.8 Å². The second kappa shape index (κ2) is 5.64. The highest BCUT2D eigenvalue weighted by molar-refractivity contribution is 5.87. The van der Waals surface area contributed by atoms with Crippen LogP contribution in [0, 0.1) is 5.92 Å². The zero-order valence-electron chi connectivity index (χ0n) is 12.1. The number of imidazole rings is 1. The van der Waals surface area contributed by atoms with Crippen molar-refractivity contribution < 1.29 is 9.59 Å². The zero-order chi connectivity index (χ0) is 14.9. The molecule has 0 aromatic carbocycles. The van der Waals surface area contributed by atoms with Crippen molar-refractivity contribution >= 4 is 11.7 Å². The van der Waals surface area contributed by atoms with E-state index in [1.165, 1.54) is 11.5 Å². The molecule has 1 aromatic rings. The van der Waals surface area contributed by atoms with Crippen LogP contribution in [0.15, 0.2) is 17.2 Å². The van der Waals surface area contributed by atoms with E-state index in [0.717, 1.165) is 12.8 Å². The molecule has 2 rings (SSSR count). The number of amides is 1. The molecular weight excluding hydrogens is 258 g/mol. The molecule has 20 heavy (non-hydrogen) atoms. The number of ketones is 1. The predicted molar refractivity (Wildman–Crippen MR) is 74.4 cm³/mol. The summed E-state index contributed by atoms with van der Waals surface area (Å²) in [6.07, 6.45) is 5.39. The molecule has 1 aliphatic carbocycles. The van der Waals surface area contributed by atoms with Gasteiger partial charge in [0.1, 0.15) is 6.54 Å². The van der Waals surface area contributed by atoms with E-state index in [0.29, 0.717) is 6.04 Å². The maximum Gasteiger partial charge on any atom is 0.328 e. The Kier molecular flexibility index (Phi) is 4.11. The quantitative estimate of drug-likeness (QED) is 0.833. The fourth-order valence-corrected chi connectivity index (χ4v) is 2.29. The molecule has 6 heteroatoms. The van der Waals surface area contributed by atoms with Crippen molar-refractivity contribution in [3.05, 3.63) is 22.9 Å². The minimum atomic E-state index is -0.497. The summed E-state index contributed by atoms with van der Waals surface area (Å²) in [6.45, 7) is 5.17. The van der Waals surface area contributed by atoms with Crippen LogP contribution in [0.4, 0.5) is 0 Å². The summed E-state index contributed by atoms with van der Waals surface area (Å²) in [5.74, 6) is -0.352. The standard InChI is InChI=1S/C14H21N3O3/c1-9(2)13(10(3)18)15-12(19)8-16-6-7-17(14(16)20)11-4-5-11/h6-7,9,11,13H,4-5,8H2,1-3H3,(H,15,19). The van der Waals surface area contributed by atoms with E-state index in [9.17, 15) is 14.4 Å². The van der Waals surface area contributed by atoms with Crippen molar-refractivity contribution in [2.45, 2.75) is 52.2 Å². The van der Waals surface area contributed by atoms with Gasteiger partial charge in [0, 0.05) is 18.4 Å². The third-order valence-electron chi connectivity index (χ3n) is 3.55. The Balaban J connectivity index is 2.01. The molecule has 1 aromatic heterocycles. The van der Waals surface area contributed by atoms with Gasteiger partial charge in [-0.15, -0.1) is 0 Å². The number of Topliss-reactive ketones (excluding diaryl/α,β-unsaturated/α-hetero) is 1. The summed E-state index contributed by atoms with van der Waals surface area (Å²) in [6, 6.07) is -0.198. The number of carbonyl (C=O) groups excluding carboxylic acids is 2. The summed E-state index contributed by atoms with van der Waals surface area (Å²) in [7, 11) is 0. The Morgan fingerprint density at radius 2 is 2.00 bits per heavy atom. The molecule has 0 aliphatic heterocycles. The van der Waals surface area contributed by atoms with E-state index in [4.69, 9.17) is 0 Å². The highest BCUT2D eigenvalue weighted by Gasteiger charge is 2.26. The van der Waals surface area contributed by atoms with E-state index < -0.39 is 6.04 Å². The third-order valence-corrected chi connectivity index (χ3v) is 3.55. The summed E-state index contributed by atoms with van der Waals surface area (Å²) in [5, 5.41) is 2.69. The molecule has 1 unspecified atom stereocenters. The van der Waals surface area contributed by atoms with Crippen molar-refractivity contribution in [1.29, 1.82) is 0 Å². The van der Waals surface area contributed by atoms with Crippen molar-refractivity contribution in [3.8, 4) is 0 Å². The molecule has 0 spiro atoms. The van der Waals surface area contributed by atoms with Crippen LogP contribution in [0.3, 0.4) is 0 Å². The van der Waals surface area contributed by atoms with E-state index >= 15 is 0 Å². The molecule has 0 radical (unpaired) electrons. The van der Waals surface area contributed by atoms with Gasteiger partial charge in [-0.2, -0.15) is 0 Å². The molecule has 1 saturated carbocycles. The number of carbonyl (C=O) groups is 2. The molecule has 1 amide bonds. The first kappa shape index (κ1) is 14.6. The smallest absolute Gasteiger partial charge is 0.328 e. The molecule has 0 bridgehead atoms. The van der Waals surface area contributed by atoms with E-state index in [1.54, 1.807) is 17.0 Å². The lowest BCUT2D eigenvalue weighted by Crippen LogP contribution is -2.45. The monoisotopic (exact) mass is 279 g/mol. The fraction of sp³-hybridized carbons (Fsp3) is 0.643. The first-order chi connectivity index (χ1) is 9.40. The van der Waals surface area contributed by atoms with Crippen LogP contribution in [0.2, 0.25) is 0 Å². The molecule has 1 fully saturated rings. The van der Waals surface area contributed by atoms with Crippen LogP contribution in [0.25, 0.3) is 0 Å². The molecule has 0 saturated heterocycles. The van der Waals surface area contributed by atoms with Gasteiger partial charge in [-0.05, 0) is 25.7 Å². The number of aromatic nitrogens is 2. The number of hydrogen-bond donors (Lipinski definition) is 1. The Morgan fingerprint density at radius 3 is 2.50 bits per heavy atom. The molecule has 6 nitrogen and oxygen atoms in total. The largest absolute Gasteiger partial charge is 0.344 e. The minimum absolute atomic E-state index is 0.0317. The van der Waals surface area contributed by atoms with Gasteiger partial charge < -0.3 is 5.32 Å². The van der Waals surface area contributed by atoms with Crippen LogP contribution in [-0.4, -0.2) is 26.9 Å². The Bertz CT molecular complexity index is 566. The highest BCUT2D eigenvalue weighted by Crippen LogP contribution is 2.33. The van der Waals surface area contributed by atoms with Crippen molar-refractivity contribution in [3.63, 3.8) is 0 Å². The van der Waals surface area contributed by atoms with Gasteiger partial charge in [-0.3, -0.25) is 18.7 Å². The average Bonchev–Trinajstić information content (AvgIpc) is 3.13. The van der Waals surface area contributed by atoms with Gasteiger partial charge in [0.2, 0.25) is 5.91 Å². The second-order valence-corrected chi connectivity index (χ2v) is 5.75. The summed E-state index contributed by atoms with van der Waals surface area (Å²) in [5.41, 5.74) is -0.161. The lowest BCUT2D eigenvalue weighted by Gasteiger charge is -2.19. The fourth-order valence-electron chi connectivity index (χ4n) is 2.29. The zero-order valence-corrected chi connectivity index (χ0v) is 12.1. The maximum atomic E-state index is 12.0. The molecule has 1 N–H and O–H groups in total. The van der Waals surface area contributed by atoms with Gasteiger partial charge in [-0.25, -0.2) is 4.79 Å². The van der Waals surface area contributed by atoms with Crippen LogP contribution in [0.5, 0.6) is 0 Å². The minimum Gasteiger partial charge on any atom is -0.344 e. The van der Waals surface area contributed by atoms with E-state index in [2.05, 4.69) is 5.32 Å². The Morgan fingerprint density at radius 1 is 1.35 bits per heavy atom. The lowest BCUT2D eigenvalue weighted by molar-refractivity contribution is -0.128. The van der Waals surface area contributed by atoms with E-state index in [-0.39, 0.29) is 29.8 Å². The SMILES string of the molecule is CC(=O)C(NC(=O)Cn1ccn(C2CC2)c1=O)C(C)C. The van der Waals surface area contributed by atoms with Crippen LogP contribution >= 0.6 is 0 Å². The second-order valence-electron chi connectivity index (χ2n) is 5.75. The van der Waals surface area contributed by atoms with Crippen molar-refractivity contribution in [2.75, 3.05) is 0 Å². The summed E-state index contributed by atoms with van der Waals surface area (Å²) >= 11 is 0. The molecule has 1 aliphatic rings. The van der Waals surface area contributed by atoms with Crippen molar-refractivity contribution in [1.82, 2.24) is 14.5 Å². The highest BCUT2D eigenvalue weighted by atomic mass is 16.2. The third kappa shape index (κ3) is 3.18. The van der Waals surface area contributed by atoms with Gasteiger partial charge in [0.15, 0.2) is 5.78 Å². The summed E-state index contributed by atoms with van der Waals surface area (Å²) < 4.78 is 3.04. The van der Waals surface area contributed by atoms with Gasteiger partial charge in [-0.1, -0.05) is 13.8 Å². The first-order valence-electron chi connectivity index (χ1n) is 6.97. The van der Waals surface area contributed by atoms with Crippen LogP contribution in [-0.2, 0) is 16.1 Å². The van der Waals surface area contributed by atoms with Gasteiger partial charge in [0.25, 0.3) is 0 Å². The van der Waals surface area contributed by atoms with Crippen LogP contribution in [0.1, 0.15) is 39.7 Å². The Labute approximate surface area is 117 Å². The predicted octanol–water partition coefficient (Wildman–Crippen LogP) is 0.714. The normalized spacial score (nSPS) is 16.2. The maximum absolute atomic E-state index is 12.0. The average molecular weight is 279 g/mol. The first-order valence-corrected chi connectivity index (χ1v) is 6.97.